The van der Waals surface area contributed by atoms with Crippen molar-refractivity contribution in [1.29, 1.82) is 0 Å². The molecule has 0 bridgehead atoms. The predicted octanol–water partition coefficient (Wildman–Crippen LogP) is 5.41. The van der Waals surface area contributed by atoms with Gasteiger partial charge in [0.25, 0.3) is 5.56 Å². The number of rotatable bonds is 10. The van der Waals surface area contributed by atoms with Crippen LogP contribution >= 0.6 is 11.8 Å². The average molecular weight is 509 g/mol. The maximum Gasteiger partial charge on any atom is 0.407 e. The summed E-state index contributed by atoms with van der Waals surface area (Å²) in [5.74, 6) is 1.10. The molecule has 0 atom stereocenters. The van der Waals surface area contributed by atoms with Crippen LogP contribution in [0.25, 0.3) is 10.9 Å². The van der Waals surface area contributed by atoms with E-state index >= 15 is 0 Å². The Labute approximate surface area is 217 Å². The van der Waals surface area contributed by atoms with Crippen molar-refractivity contribution in [2.45, 2.75) is 37.5 Å². The fourth-order valence-corrected chi connectivity index (χ4v) is 5.67. The second-order valence-corrected chi connectivity index (χ2v) is 10.6. The van der Waals surface area contributed by atoms with Crippen LogP contribution < -0.4 is 15.8 Å². The molecule has 192 valence electrons. The van der Waals surface area contributed by atoms with Crippen LogP contribution in [0.2, 0.25) is 0 Å². The quantitative estimate of drug-likeness (QED) is 0.282. The Morgan fingerprint density at radius 2 is 1.75 bits per heavy atom. The third-order valence-corrected chi connectivity index (χ3v) is 7.93. The summed E-state index contributed by atoms with van der Waals surface area (Å²) in [7, 11) is 1.82. The number of nitrogens with one attached hydrogen (secondary N) is 1. The number of nitrogens with zero attached hydrogens (tertiary/aromatic N) is 3. The molecule has 4 rings (SSSR count). The van der Waals surface area contributed by atoms with Crippen LogP contribution in [0.5, 0.6) is 0 Å². The van der Waals surface area contributed by atoms with Gasteiger partial charge in [0.1, 0.15) is 0 Å². The van der Waals surface area contributed by atoms with Gasteiger partial charge in [0, 0.05) is 62.1 Å². The zero-order valence-corrected chi connectivity index (χ0v) is 22.0. The number of amides is 1. The Bertz CT molecular complexity index is 1250. The molecule has 2 aromatic carbocycles. The number of anilines is 2. The van der Waals surface area contributed by atoms with E-state index in [-0.39, 0.29) is 5.56 Å². The summed E-state index contributed by atoms with van der Waals surface area (Å²) >= 11 is 1.88. The van der Waals surface area contributed by atoms with Crippen molar-refractivity contribution in [3.63, 3.8) is 0 Å². The van der Waals surface area contributed by atoms with Gasteiger partial charge in [-0.25, -0.2) is 4.79 Å². The topological polar surface area (TPSA) is 77.8 Å². The number of carbonyl (C=O) groups is 1. The number of aromatic nitrogens is 1. The fraction of sp³-hybridized carbons (Fsp3) is 0.429. The number of hydrogen-bond acceptors (Lipinski definition) is 5. The lowest BCUT2D eigenvalue weighted by atomic mass is 10.1. The largest absolute Gasteiger partial charge is 0.465 e. The lowest BCUT2D eigenvalue weighted by Crippen LogP contribution is -2.48. The summed E-state index contributed by atoms with van der Waals surface area (Å²) < 4.78 is 1.69. The van der Waals surface area contributed by atoms with Crippen LogP contribution in [0.1, 0.15) is 31.2 Å². The van der Waals surface area contributed by atoms with E-state index in [0.717, 1.165) is 48.4 Å². The highest BCUT2D eigenvalue weighted by Gasteiger charge is 2.21. The smallest absolute Gasteiger partial charge is 0.407 e. The molecule has 1 fully saturated rings. The molecule has 36 heavy (non-hydrogen) atoms. The third-order valence-electron chi connectivity index (χ3n) is 6.85. The second-order valence-electron chi connectivity index (χ2n) is 9.40. The third kappa shape index (κ3) is 6.55. The maximum absolute atomic E-state index is 11.8. The number of fused-ring (bicyclic) bond motifs is 1. The van der Waals surface area contributed by atoms with Gasteiger partial charge >= 0.3 is 6.09 Å². The van der Waals surface area contributed by atoms with Gasteiger partial charge in [-0.05, 0) is 78.9 Å². The standard InChI is InChI=1S/C28H36N4O3S/c1-21-19-23(8-10-25(21)31-14-16-32(17-15-31)28(34)35)29-13-5-3-4-6-18-36-24-9-11-26-22(20-24)7-12-27(33)30(26)2/h7-12,19-20,29H,3-6,13-18H2,1-2H3,(H,34,35). The van der Waals surface area contributed by atoms with Gasteiger partial charge in [0.05, 0.1) is 5.52 Å². The minimum atomic E-state index is -0.829. The molecule has 0 saturated carbocycles. The molecule has 1 aliphatic rings. The molecule has 0 aliphatic carbocycles. The van der Waals surface area contributed by atoms with E-state index in [9.17, 15) is 9.59 Å². The van der Waals surface area contributed by atoms with E-state index in [1.54, 1.807) is 10.6 Å². The molecule has 2 N–H and O–H groups in total. The highest BCUT2D eigenvalue weighted by Crippen LogP contribution is 2.26. The Kier molecular flexibility index (Phi) is 8.80. The Balaban J connectivity index is 1.12. The number of unbranched alkanes of at least 4 members (excludes halogenated alkanes) is 3. The molecular weight excluding hydrogens is 472 g/mol. The highest BCUT2D eigenvalue weighted by atomic mass is 32.2. The van der Waals surface area contributed by atoms with Crippen LogP contribution in [-0.4, -0.2) is 59.1 Å². The number of benzene rings is 2. The van der Waals surface area contributed by atoms with Crippen molar-refractivity contribution in [2.24, 2.45) is 7.05 Å². The summed E-state index contributed by atoms with van der Waals surface area (Å²) in [4.78, 5) is 27.9. The normalized spacial score (nSPS) is 13.8. The van der Waals surface area contributed by atoms with Crippen LogP contribution in [-0.2, 0) is 7.05 Å². The number of thioether (sulfide) groups is 1. The van der Waals surface area contributed by atoms with Crippen molar-refractivity contribution in [3.8, 4) is 0 Å². The average Bonchev–Trinajstić information content (AvgIpc) is 2.88. The first-order chi connectivity index (χ1) is 17.4. The van der Waals surface area contributed by atoms with Gasteiger partial charge < -0.3 is 24.8 Å². The molecule has 8 heteroatoms. The number of hydrogen-bond donors (Lipinski definition) is 2. The molecule has 1 saturated heterocycles. The second kappa shape index (κ2) is 12.2. The molecular formula is C28H36N4O3S. The number of aryl methyl sites for hydroxylation is 2. The number of piperazine rings is 1. The van der Waals surface area contributed by atoms with Gasteiger partial charge in [0.2, 0.25) is 0 Å². The molecule has 2 heterocycles. The molecule has 1 aliphatic heterocycles. The van der Waals surface area contributed by atoms with Crippen LogP contribution in [0.3, 0.4) is 0 Å². The maximum atomic E-state index is 11.8. The first-order valence-electron chi connectivity index (χ1n) is 12.7. The molecule has 3 aromatic rings. The summed E-state index contributed by atoms with van der Waals surface area (Å²) in [6, 6.07) is 16.3. The van der Waals surface area contributed by atoms with Crippen molar-refractivity contribution in [3.05, 3.63) is 64.4 Å². The van der Waals surface area contributed by atoms with Gasteiger partial charge in [-0.2, -0.15) is 0 Å². The van der Waals surface area contributed by atoms with E-state index in [2.05, 4.69) is 47.5 Å². The number of carboxylic acid groups (broad SMARTS) is 1. The minimum absolute atomic E-state index is 0.0257. The Morgan fingerprint density at radius 1 is 0.972 bits per heavy atom. The Morgan fingerprint density at radius 3 is 2.50 bits per heavy atom. The lowest BCUT2D eigenvalue weighted by Gasteiger charge is -2.35. The predicted molar refractivity (Wildman–Crippen MR) is 150 cm³/mol. The SMILES string of the molecule is Cc1cc(NCCCCCCSc2ccc3c(ccc(=O)n3C)c2)ccc1N1CCN(C(=O)O)CC1. The van der Waals surface area contributed by atoms with Crippen molar-refractivity contribution in [1.82, 2.24) is 9.47 Å². The molecule has 1 amide bonds. The van der Waals surface area contributed by atoms with Crippen molar-refractivity contribution >= 4 is 40.1 Å². The zero-order chi connectivity index (χ0) is 25.5. The van der Waals surface area contributed by atoms with Crippen LogP contribution in [0.4, 0.5) is 16.2 Å². The summed E-state index contributed by atoms with van der Waals surface area (Å²) in [6.45, 7) is 5.67. The Hall–Kier alpha value is -3.13. The molecule has 0 radical (unpaired) electrons. The van der Waals surface area contributed by atoms with Gasteiger partial charge in [0.15, 0.2) is 0 Å². The van der Waals surface area contributed by atoms with Gasteiger partial charge in [-0.3, -0.25) is 4.79 Å². The van der Waals surface area contributed by atoms with Gasteiger partial charge in [-0.15, -0.1) is 11.8 Å². The molecule has 1 aromatic heterocycles. The fourth-order valence-electron chi connectivity index (χ4n) is 4.72. The molecule has 0 spiro atoms. The van der Waals surface area contributed by atoms with Crippen LogP contribution in [0, 0.1) is 6.92 Å². The van der Waals surface area contributed by atoms with E-state index in [0.29, 0.717) is 13.1 Å². The van der Waals surface area contributed by atoms with E-state index in [4.69, 9.17) is 5.11 Å². The summed E-state index contributed by atoms with van der Waals surface area (Å²) in [6.07, 6.45) is 3.94. The van der Waals surface area contributed by atoms with Crippen LogP contribution in [0.15, 0.2) is 58.2 Å². The molecule has 7 nitrogen and oxygen atoms in total. The molecule has 0 unspecified atom stereocenters. The number of pyridine rings is 1. The van der Waals surface area contributed by atoms with Gasteiger partial charge in [-0.1, -0.05) is 12.8 Å². The van der Waals surface area contributed by atoms with E-state index in [1.807, 2.05) is 30.9 Å². The van der Waals surface area contributed by atoms with Crippen molar-refractivity contribution < 1.29 is 9.90 Å². The summed E-state index contributed by atoms with van der Waals surface area (Å²) in [5, 5.41) is 13.8. The first-order valence-corrected chi connectivity index (χ1v) is 13.7. The van der Waals surface area contributed by atoms with E-state index < -0.39 is 6.09 Å². The first kappa shape index (κ1) is 25.9. The monoisotopic (exact) mass is 508 g/mol. The van der Waals surface area contributed by atoms with E-state index in [1.165, 1.54) is 40.3 Å². The minimum Gasteiger partial charge on any atom is -0.465 e. The summed E-state index contributed by atoms with van der Waals surface area (Å²) in [5.41, 5.74) is 4.56. The van der Waals surface area contributed by atoms with Crippen molar-refractivity contribution in [2.75, 3.05) is 48.7 Å². The highest BCUT2D eigenvalue weighted by molar-refractivity contribution is 7.99. The zero-order valence-electron chi connectivity index (χ0n) is 21.2. The lowest BCUT2D eigenvalue weighted by molar-refractivity contribution is 0.142.